The van der Waals surface area contributed by atoms with Crippen molar-refractivity contribution in [1.82, 2.24) is 0 Å². The first-order valence-corrected chi connectivity index (χ1v) is 15.0. The summed E-state index contributed by atoms with van der Waals surface area (Å²) < 4.78 is 5.71. The second-order valence-corrected chi connectivity index (χ2v) is 15.0. The van der Waals surface area contributed by atoms with E-state index < -0.39 is 12.4 Å². The second kappa shape index (κ2) is 10.3. The van der Waals surface area contributed by atoms with Crippen LogP contribution in [0.4, 0.5) is 5.69 Å². The predicted octanol–water partition coefficient (Wildman–Crippen LogP) is 5.71. The van der Waals surface area contributed by atoms with Gasteiger partial charge in [0.05, 0.1) is 0 Å². The Labute approximate surface area is 203 Å². The quantitative estimate of drug-likeness (QED) is 0.408. The van der Waals surface area contributed by atoms with Crippen LogP contribution in [-0.4, -0.2) is 35.5 Å². The SMILES string of the molecule is Cc1cc(C#N)cc(C)c1NC(=O)C1([PH]2(CC(=O)OCc3ccccc3)CCCCC2)CCC1. The standard InChI is InChI=1S/C28H35N2O3P/c1-21-16-24(18-29)17-22(2)26(21)30-27(32)28(12-9-13-28)34(14-7-4-8-15-34)20-25(31)33-19-23-10-5-3-6-11-23/h3,5-6,10-11,16-17,34H,4,7-9,12-15,19-20H2,1-2H3,(H,30,32). The van der Waals surface area contributed by atoms with Crippen LogP contribution in [0.15, 0.2) is 42.5 Å². The molecule has 1 saturated heterocycles. The summed E-state index contributed by atoms with van der Waals surface area (Å²) in [6.45, 7) is 4.16. The summed E-state index contributed by atoms with van der Waals surface area (Å²) in [6.07, 6.45) is 8.62. The third kappa shape index (κ3) is 4.75. The van der Waals surface area contributed by atoms with E-state index >= 15 is 0 Å². The van der Waals surface area contributed by atoms with Crippen molar-refractivity contribution in [2.24, 2.45) is 0 Å². The molecule has 1 aliphatic heterocycles. The number of anilines is 1. The molecule has 2 fully saturated rings. The van der Waals surface area contributed by atoms with Crippen LogP contribution in [-0.2, 0) is 20.9 Å². The molecule has 0 atom stereocenters. The first-order valence-electron chi connectivity index (χ1n) is 12.4. The molecule has 2 aromatic rings. The normalized spacial score (nSPS) is 19.2. The van der Waals surface area contributed by atoms with E-state index in [1.165, 1.54) is 6.42 Å². The second-order valence-electron chi connectivity index (χ2n) is 10.2. The summed E-state index contributed by atoms with van der Waals surface area (Å²) >= 11 is 0. The zero-order valence-corrected chi connectivity index (χ0v) is 21.3. The topological polar surface area (TPSA) is 79.2 Å². The molecule has 2 aliphatic rings. The maximum absolute atomic E-state index is 13.9. The van der Waals surface area contributed by atoms with E-state index in [0.717, 1.165) is 66.8 Å². The molecule has 1 heterocycles. The Bertz CT molecular complexity index is 1070. The summed E-state index contributed by atoms with van der Waals surface area (Å²) in [5, 5.41) is 12.1. The number of nitriles is 1. The number of ether oxygens (including phenoxy) is 1. The van der Waals surface area contributed by atoms with Crippen LogP contribution in [0.2, 0.25) is 0 Å². The Morgan fingerprint density at radius 2 is 1.68 bits per heavy atom. The van der Waals surface area contributed by atoms with Crippen molar-refractivity contribution in [3.05, 3.63) is 64.7 Å². The number of nitrogens with one attached hydrogen (secondary N) is 1. The minimum atomic E-state index is -2.26. The van der Waals surface area contributed by atoms with Crippen molar-refractivity contribution < 1.29 is 14.3 Å². The summed E-state index contributed by atoms with van der Waals surface area (Å²) in [6, 6.07) is 15.6. The Hall–Kier alpha value is -2.70. The number of esters is 1. The number of carbonyl (C=O) groups is 2. The van der Waals surface area contributed by atoms with Crippen molar-refractivity contribution in [1.29, 1.82) is 5.26 Å². The maximum atomic E-state index is 13.9. The fourth-order valence-corrected chi connectivity index (χ4v) is 12.5. The molecular formula is C28H35N2O3P. The van der Waals surface area contributed by atoms with Crippen LogP contribution in [0.25, 0.3) is 0 Å². The van der Waals surface area contributed by atoms with Crippen LogP contribution in [0.1, 0.15) is 60.8 Å². The minimum absolute atomic E-state index is 0.0825. The number of rotatable bonds is 7. The molecule has 0 radical (unpaired) electrons. The number of hydrogen-bond acceptors (Lipinski definition) is 4. The number of nitrogens with zero attached hydrogens (tertiary/aromatic N) is 1. The molecule has 34 heavy (non-hydrogen) atoms. The molecule has 0 aromatic heterocycles. The van der Waals surface area contributed by atoms with Crippen LogP contribution >= 0.6 is 7.26 Å². The van der Waals surface area contributed by atoms with Gasteiger partial charge in [-0.05, 0) is 0 Å². The Morgan fingerprint density at radius 3 is 2.24 bits per heavy atom. The first-order chi connectivity index (χ1) is 16.4. The molecule has 0 spiro atoms. The van der Waals surface area contributed by atoms with Crippen molar-refractivity contribution in [2.75, 3.05) is 23.8 Å². The van der Waals surface area contributed by atoms with Gasteiger partial charge in [-0.15, -0.1) is 0 Å². The number of benzene rings is 2. The first kappa shape index (κ1) is 24.4. The van der Waals surface area contributed by atoms with E-state index in [9.17, 15) is 14.9 Å². The predicted molar refractivity (Wildman–Crippen MR) is 139 cm³/mol. The monoisotopic (exact) mass is 478 g/mol. The third-order valence-electron chi connectivity index (χ3n) is 8.09. The fourth-order valence-electron chi connectivity index (χ4n) is 6.11. The average molecular weight is 479 g/mol. The van der Waals surface area contributed by atoms with E-state index in [4.69, 9.17) is 4.74 Å². The van der Waals surface area contributed by atoms with Gasteiger partial charge in [0.15, 0.2) is 0 Å². The van der Waals surface area contributed by atoms with Crippen molar-refractivity contribution in [3.63, 3.8) is 0 Å². The summed E-state index contributed by atoms with van der Waals surface area (Å²) in [7, 11) is -2.26. The fraction of sp³-hybridized carbons (Fsp3) is 0.464. The molecule has 180 valence electrons. The molecule has 2 aromatic carbocycles. The van der Waals surface area contributed by atoms with Gasteiger partial charge in [0.1, 0.15) is 0 Å². The molecule has 4 rings (SSSR count). The van der Waals surface area contributed by atoms with E-state index in [0.29, 0.717) is 11.7 Å². The molecule has 1 amide bonds. The van der Waals surface area contributed by atoms with Crippen molar-refractivity contribution in [3.8, 4) is 6.07 Å². The van der Waals surface area contributed by atoms with Crippen LogP contribution in [0.5, 0.6) is 0 Å². The molecule has 0 unspecified atom stereocenters. The van der Waals surface area contributed by atoms with Crippen LogP contribution in [0, 0.1) is 25.2 Å². The van der Waals surface area contributed by atoms with Crippen LogP contribution in [0.3, 0.4) is 0 Å². The van der Waals surface area contributed by atoms with E-state index in [1.807, 2.05) is 56.3 Å². The van der Waals surface area contributed by atoms with Gasteiger partial charge in [-0.1, -0.05) is 0 Å². The van der Waals surface area contributed by atoms with Gasteiger partial charge >= 0.3 is 203 Å². The number of hydrogen-bond donors (Lipinski definition) is 1. The third-order valence-corrected chi connectivity index (χ3v) is 14.4. The average Bonchev–Trinajstić information content (AvgIpc) is 2.80. The molecule has 5 nitrogen and oxygen atoms in total. The van der Waals surface area contributed by atoms with Crippen molar-refractivity contribution >= 4 is 24.8 Å². The zero-order valence-electron chi connectivity index (χ0n) is 20.3. The Kier molecular flexibility index (Phi) is 7.39. The molecule has 1 saturated carbocycles. The van der Waals surface area contributed by atoms with Gasteiger partial charge in [0.2, 0.25) is 0 Å². The number of carbonyl (C=O) groups excluding carboxylic acids is 2. The molecule has 6 heteroatoms. The van der Waals surface area contributed by atoms with Crippen LogP contribution < -0.4 is 5.32 Å². The number of aryl methyl sites for hydroxylation is 2. The molecule has 0 bridgehead atoms. The van der Waals surface area contributed by atoms with Gasteiger partial charge < -0.3 is 0 Å². The molecular weight excluding hydrogens is 443 g/mol. The summed E-state index contributed by atoms with van der Waals surface area (Å²) in [5.74, 6) is -0.0682. The van der Waals surface area contributed by atoms with E-state index in [-0.39, 0.29) is 18.5 Å². The van der Waals surface area contributed by atoms with Gasteiger partial charge in [-0.3, -0.25) is 0 Å². The van der Waals surface area contributed by atoms with E-state index in [1.54, 1.807) is 0 Å². The number of amides is 1. The van der Waals surface area contributed by atoms with Gasteiger partial charge in [0.25, 0.3) is 0 Å². The zero-order chi connectivity index (χ0) is 24.2. The van der Waals surface area contributed by atoms with Gasteiger partial charge in [-0.25, -0.2) is 0 Å². The molecule has 1 N–H and O–H groups in total. The summed E-state index contributed by atoms with van der Waals surface area (Å²) in [5.41, 5.74) is 4.20. The van der Waals surface area contributed by atoms with Crippen molar-refractivity contribution in [2.45, 2.75) is 64.1 Å². The van der Waals surface area contributed by atoms with Gasteiger partial charge in [-0.2, -0.15) is 0 Å². The van der Waals surface area contributed by atoms with Gasteiger partial charge in [0, 0.05) is 0 Å². The summed E-state index contributed by atoms with van der Waals surface area (Å²) in [4.78, 5) is 27.0. The Morgan fingerprint density at radius 1 is 1.03 bits per heavy atom. The van der Waals surface area contributed by atoms with E-state index in [2.05, 4.69) is 11.4 Å². The molecule has 1 aliphatic carbocycles. The Balaban J connectivity index is 1.56.